The van der Waals surface area contributed by atoms with Gasteiger partial charge in [0.2, 0.25) is 0 Å². The van der Waals surface area contributed by atoms with Gasteiger partial charge in [0.25, 0.3) is 0 Å². The second kappa shape index (κ2) is 4.02. The summed E-state index contributed by atoms with van der Waals surface area (Å²) in [5.41, 5.74) is 0. The van der Waals surface area contributed by atoms with Crippen LogP contribution in [0.1, 0.15) is 0 Å². The molecule has 45 valence electrons. The summed E-state index contributed by atoms with van der Waals surface area (Å²) in [7, 11) is 0.742. The Labute approximate surface area is 67.5 Å². The van der Waals surface area contributed by atoms with Crippen molar-refractivity contribution in [2.45, 2.75) is 0 Å². The van der Waals surface area contributed by atoms with E-state index in [2.05, 4.69) is 28.2 Å². The van der Waals surface area contributed by atoms with Gasteiger partial charge in [-0.25, -0.2) is 0 Å². The minimum absolute atomic E-state index is 0.742. The first-order chi connectivity index (χ1) is 4.43. The van der Waals surface area contributed by atoms with Crippen LogP contribution in [0.3, 0.4) is 0 Å². The van der Waals surface area contributed by atoms with E-state index in [9.17, 15) is 0 Å². The van der Waals surface area contributed by atoms with Crippen LogP contribution in [0, 0.1) is 3.94 Å². The van der Waals surface area contributed by atoms with Gasteiger partial charge in [-0.1, -0.05) is 0 Å². The van der Waals surface area contributed by atoms with Crippen LogP contribution in [0.25, 0.3) is 0 Å². The van der Waals surface area contributed by atoms with E-state index in [1.165, 1.54) is 5.30 Å². The molecule has 0 saturated carbocycles. The van der Waals surface area contributed by atoms with Crippen LogP contribution in [0.5, 0.6) is 0 Å². The van der Waals surface area contributed by atoms with Gasteiger partial charge < -0.3 is 0 Å². The van der Waals surface area contributed by atoms with Crippen molar-refractivity contribution in [1.29, 1.82) is 0 Å². The molecular weight excluding hydrogens is 211 g/mol. The molecule has 0 nitrogen and oxygen atoms in total. The number of hydrogen-bond acceptors (Lipinski definition) is 0. The Morgan fingerprint density at radius 2 is 1.89 bits per heavy atom. The van der Waals surface area contributed by atoms with E-state index in [0.717, 1.165) is 8.58 Å². The minimum atomic E-state index is 0.742. The fraction of sp³-hybridized carbons (Fsp3) is 0. The van der Waals surface area contributed by atoms with E-state index in [1.54, 1.807) is 0 Å². The van der Waals surface area contributed by atoms with E-state index in [1.807, 2.05) is 25.2 Å². The topological polar surface area (TPSA) is 0 Å². The molecule has 0 saturated heterocycles. The van der Waals surface area contributed by atoms with Crippen LogP contribution in [0.4, 0.5) is 0 Å². The van der Waals surface area contributed by atoms with Crippen molar-refractivity contribution in [3.63, 3.8) is 0 Å². The third-order valence-corrected chi connectivity index (χ3v) is 2.45. The Balaban J connectivity index is 2.76. The quantitative estimate of drug-likeness (QED) is 0.493. The van der Waals surface area contributed by atoms with Crippen molar-refractivity contribution in [3.8, 4) is 3.94 Å². The molecule has 0 spiro atoms. The molecule has 0 aromatic heterocycles. The van der Waals surface area contributed by atoms with Crippen molar-refractivity contribution >= 4 is 13.9 Å². The van der Waals surface area contributed by atoms with Gasteiger partial charge in [0, 0.05) is 0 Å². The zero-order valence-corrected chi connectivity index (χ0v) is 7.80. The molecule has 1 unspecified atom stereocenters. The third-order valence-electron chi connectivity index (χ3n) is 0.969. The summed E-state index contributed by atoms with van der Waals surface area (Å²) in [6, 6.07) is 10.4. The molecule has 0 radical (unpaired) electrons. The van der Waals surface area contributed by atoms with E-state index in [4.69, 9.17) is 0 Å². The van der Waals surface area contributed by atoms with Gasteiger partial charge in [-0.2, -0.15) is 0 Å². The molecule has 1 aromatic rings. The van der Waals surface area contributed by atoms with Crippen LogP contribution in [-0.4, -0.2) is 0 Å². The number of benzene rings is 1. The van der Waals surface area contributed by atoms with Crippen LogP contribution in [-0.2, 0) is 19.2 Å². The maximum atomic E-state index is 3.12. The monoisotopic (exact) mass is 219 g/mol. The van der Waals surface area contributed by atoms with Crippen molar-refractivity contribution in [3.05, 3.63) is 30.3 Å². The predicted octanol–water partition coefficient (Wildman–Crippen LogP) is 1.45. The Hall–Kier alpha value is 0.118. The summed E-state index contributed by atoms with van der Waals surface area (Å²) in [6.07, 6.45) is 0. The summed E-state index contributed by atoms with van der Waals surface area (Å²) < 4.78 is 3.12. The van der Waals surface area contributed by atoms with Crippen molar-refractivity contribution in [2.24, 2.45) is 0 Å². The third kappa shape index (κ3) is 2.46. The van der Waals surface area contributed by atoms with Gasteiger partial charge in [0.05, 0.1) is 0 Å². The predicted molar refractivity (Wildman–Crippen MR) is 38.3 cm³/mol. The second-order valence-corrected chi connectivity index (χ2v) is 4.13. The Morgan fingerprint density at radius 3 is 2.44 bits per heavy atom. The molecule has 0 bridgehead atoms. The SMILES string of the molecule is [Mo]#[C]Pc1ccccc1. The van der Waals surface area contributed by atoms with Gasteiger partial charge >= 0.3 is 67.3 Å². The van der Waals surface area contributed by atoms with E-state index < -0.39 is 0 Å². The first-order valence-electron chi connectivity index (χ1n) is 2.61. The van der Waals surface area contributed by atoms with Crippen molar-refractivity contribution in [2.75, 3.05) is 0 Å². The summed E-state index contributed by atoms with van der Waals surface area (Å²) in [4.78, 5) is 0. The number of rotatable bonds is 1. The Bertz CT molecular complexity index is 212. The summed E-state index contributed by atoms with van der Waals surface area (Å²) in [5.74, 6) is 0. The van der Waals surface area contributed by atoms with Gasteiger partial charge in [-0.05, 0) is 0 Å². The number of hydrogen-bond donors (Lipinski definition) is 0. The first kappa shape index (κ1) is 7.23. The molecule has 0 fully saturated rings. The Morgan fingerprint density at radius 1 is 1.22 bits per heavy atom. The molecular formula is C7H6MoP. The van der Waals surface area contributed by atoms with Gasteiger partial charge in [0.15, 0.2) is 0 Å². The van der Waals surface area contributed by atoms with Crippen LogP contribution < -0.4 is 5.30 Å². The molecule has 9 heavy (non-hydrogen) atoms. The van der Waals surface area contributed by atoms with Crippen LogP contribution >= 0.6 is 8.58 Å². The average Bonchev–Trinajstić information content (AvgIpc) is 1.91. The molecule has 1 rings (SSSR count). The molecule has 0 aliphatic rings. The molecule has 1 aromatic carbocycles. The Kier molecular flexibility index (Phi) is 3.23. The summed E-state index contributed by atoms with van der Waals surface area (Å²) in [5, 5.41) is 1.36. The van der Waals surface area contributed by atoms with Crippen molar-refractivity contribution in [1.82, 2.24) is 0 Å². The van der Waals surface area contributed by atoms with Crippen LogP contribution in [0.2, 0.25) is 0 Å². The van der Waals surface area contributed by atoms with E-state index >= 15 is 0 Å². The van der Waals surface area contributed by atoms with E-state index in [-0.39, 0.29) is 0 Å². The average molecular weight is 217 g/mol. The molecule has 0 aliphatic heterocycles. The van der Waals surface area contributed by atoms with Crippen molar-refractivity contribution < 1.29 is 19.2 Å². The standard InChI is InChI=1S/C7H6P.Mo/c1-8-7-5-3-2-4-6-7;/h2-6,8H;. The fourth-order valence-electron chi connectivity index (χ4n) is 0.580. The zero-order chi connectivity index (χ0) is 6.53. The summed E-state index contributed by atoms with van der Waals surface area (Å²) in [6.45, 7) is 0. The van der Waals surface area contributed by atoms with Gasteiger partial charge in [-0.15, -0.1) is 0 Å². The first-order valence-corrected chi connectivity index (χ1v) is 4.62. The molecule has 2 heteroatoms. The molecule has 0 heterocycles. The normalized spacial score (nSPS) is 9.67. The molecule has 0 amide bonds. The second-order valence-electron chi connectivity index (χ2n) is 1.59. The summed E-state index contributed by atoms with van der Waals surface area (Å²) >= 11 is 1.90. The fourth-order valence-corrected chi connectivity index (χ4v) is 1.93. The zero-order valence-electron chi connectivity index (χ0n) is 4.79. The van der Waals surface area contributed by atoms with Gasteiger partial charge in [-0.3, -0.25) is 0 Å². The molecule has 1 atom stereocenters. The van der Waals surface area contributed by atoms with E-state index in [0.29, 0.717) is 0 Å². The van der Waals surface area contributed by atoms with Crippen LogP contribution in [0.15, 0.2) is 30.3 Å². The molecule has 0 N–H and O–H groups in total. The maximum absolute atomic E-state index is 3.12. The van der Waals surface area contributed by atoms with Gasteiger partial charge in [0.1, 0.15) is 0 Å². The molecule has 0 aliphatic carbocycles.